The highest BCUT2D eigenvalue weighted by atomic mass is 16.5. The fourth-order valence-electron chi connectivity index (χ4n) is 1.30. The molecule has 0 bridgehead atoms. The third-order valence-electron chi connectivity index (χ3n) is 2.06. The number of nitrogens with one attached hydrogen (secondary N) is 1. The molecular weight excluding hydrogens is 168 g/mol. The van der Waals surface area contributed by atoms with E-state index in [1.165, 1.54) is 0 Å². The highest BCUT2D eigenvalue weighted by Gasteiger charge is 2.08. The van der Waals surface area contributed by atoms with Crippen LogP contribution in [0.25, 0.3) is 11.1 Å². The second kappa shape index (κ2) is 2.73. The fourth-order valence-corrected chi connectivity index (χ4v) is 1.30. The Labute approximate surface area is 74.6 Å². The van der Waals surface area contributed by atoms with E-state index in [1.807, 2.05) is 6.92 Å². The molecule has 0 saturated heterocycles. The summed E-state index contributed by atoms with van der Waals surface area (Å²) < 4.78 is 4.89. The number of hydrogen-bond acceptors (Lipinski definition) is 3. The predicted octanol–water partition coefficient (Wildman–Crippen LogP) is 1.39. The molecule has 13 heavy (non-hydrogen) atoms. The van der Waals surface area contributed by atoms with Crippen LogP contribution in [0, 0.1) is 6.92 Å². The van der Waals surface area contributed by atoms with Crippen LogP contribution >= 0.6 is 0 Å². The normalized spacial score (nSPS) is 10.9. The van der Waals surface area contributed by atoms with Crippen LogP contribution < -0.4 is 5.43 Å². The van der Waals surface area contributed by atoms with Crippen molar-refractivity contribution in [3.8, 4) is 0 Å². The largest absolute Gasteiger partial charge is 0.354 e. The van der Waals surface area contributed by atoms with E-state index >= 15 is 0 Å². The SMILES string of the molecule is CCc1cc(=O)c2onc(C)c2[nH]1. The Morgan fingerprint density at radius 1 is 1.62 bits per heavy atom. The number of aryl methyl sites for hydroxylation is 2. The van der Waals surface area contributed by atoms with Gasteiger partial charge in [0.2, 0.25) is 11.0 Å². The van der Waals surface area contributed by atoms with Gasteiger partial charge in [-0.05, 0) is 13.3 Å². The van der Waals surface area contributed by atoms with E-state index in [1.54, 1.807) is 13.0 Å². The first kappa shape index (κ1) is 8.04. The molecule has 0 unspecified atom stereocenters. The summed E-state index contributed by atoms with van der Waals surface area (Å²) in [5.41, 5.74) is 2.55. The van der Waals surface area contributed by atoms with Gasteiger partial charge in [-0.2, -0.15) is 0 Å². The van der Waals surface area contributed by atoms with Crippen molar-refractivity contribution in [2.45, 2.75) is 20.3 Å². The zero-order valence-electron chi connectivity index (χ0n) is 7.55. The summed E-state index contributed by atoms with van der Waals surface area (Å²) in [6, 6.07) is 1.55. The van der Waals surface area contributed by atoms with Gasteiger partial charge < -0.3 is 9.51 Å². The molecule has 0 aliphatic rings. The van der Waals surface area contributed by atoms with E-state index in [2.05, 4.69) is 10.1 Å². The van der Waals surface area contributed by atoms with Crippen LogP contribution in [0.15, 0.2) is 15.4 Å². The summed E-state index contributed by atoms with van der Waals surface area (Å²) in [6.07, 6.45) is 0.801. The number of aromatic amines is 1. The zero-order valence-corrected chi connectivity index (χ0v) is 7.55. The Morgan fingerprint density at radius 2 is 2.38 bits per heavy atom. The van der Waals surface area contributed by atoms with Crippen LogP contribution in [-0.4, -0.2) is 10.1 Å². The summed E-state index contributed by atoms with van der Waals surface area (Å²) in [6.45, 7) is 3.79. The summed E-state index contributed by atoms with van der Waals surface area (Å²) in [4.78, 5) is 14.5. The van der Waals surface area contributed by atoms with Crippen LogP contribution in [0.2, 0.25) is 0 Å². The van der Waals surface area contributed by atoms with Gasteiger partial charge in [0.25, 0.3) is 0 Å². The molecule has 2 aromatic heterocycles. The third kappa shape index (κ3) is 1.14. The Balaban J connectivity index is 2.88. The lowest BCUT2D eigenvalue weighted by molar-refractivity contribution is 0.448. The molecule has 2 heterocycles. The average molecular weight is 178 g/mol. The van der Waals surface area contributed by atoms with Gasteiger partial charge in [-0.1, -0.05) is 12.1 Å². The first-order chi connectivity index (χ1) is 6.22. The van der Waals surface area contributed by atoms with Crippen molar-refractivity contribution in [1.29, 1.82) is 0 Å². The molecule has 0 radical (unpaired) electrons. The monoisotopic (exact) mass is 178 g/mol. The molecule has 0 aromatic carbocycles. The maximum absolute atomic E-state index is 11.4. The molecule has 68 valence electrons. The molecule has 0 fully saturated rings. The highest BCUT2D eigenvalue weighted by Crippen LogP contribution is 2.11. The van der Waals surface area contributed by atoms with E-state index in [4.69, 9.17) is 4.52 Å². The minimum absolute atomic E-state index is 0.105. The summed E-state index contributed by atoms with van der Waals surface area (Å²) >= 11 is 0. The maximum Gasteiger partial charge on any atom is 0.230 e. The standard InChI is InChI=1S/C9H10N2O2/c1-3-6-4-7(12)9-8(10-6)5(2)11-13-9/h4H,3H2,1-2H3,(H,10,12). The number of aromatic nitrogens is 2. The molecule has 0 aliphatic heterocycles. The molecule has 1 N–H and O–H groups in total. The van der Waals surface area contributed by atoms with Gasteiger partial charge in [0.15, 0.2) is 0 Å². The van der Waals surface area contributed by atoms with Gasteiger partial charge in [-0.25, -0.2) is 0 Å². The van der Waals surface area contributed by atoms with Gasteiger partial charge in [-0.3, -0.25) is 4.79 Å². The van der Waals surface area contributed by atoms with Crippen molar-refractivity contribution in [1.82, 2.24) is 10.1 Å². The van der Waals surface area contributed by atoms with Crippen molar-refractivity contribution in [2.75, 3.05) is 0 Å². The van der Waals surface area contributed by atoms with E-state index in [0.29, 0.717) is 11.1 Å². The molecule has 0 saturated carbocycles. The van der Waals surface area contributed by atoms with E-state index in [9.17, 15) is 4.79 Å². The molecule has 0 amide bonds. The second-order valence-electron chi connectivity index (χ2n) is 2.98. The zero-order chi connectivity index (χ0) is 9.42. The lowest BCUT2D eigenvalue weighted by Gasteiger charge is -1.95. The lowest BCUT2D eigenvalue weighted by atomic mass is 10.2. The van der Waals surface area contributed by atoms with E-state index in [-0.39, 0.29) is 5.43 Å². The summed E-state index contributed by atoms with van der Waals surface area (Å²) in [5, 5.41) is 3.73. The number of rotatable bonds is 1. The van der Waals surface area contributed by atoms with Gasteiger partial charge >= 0.3 is 0 Å². The quantitative estimate of drug-likeness (QED) is 0.717. The Morgan fingerprint density at radius 3 is 3.08 bits per heavy atom. The van der Waals surface area contributed by atoms with E-state index in [0.717, 1.165) is 17.8 Å². The van der Waals surface area contributed by atoms with Gasteiger partial charge in [0.05, 0.1) is 0 Å². The Kier molecular flexibility index (Phi) is 1.69. The average Bonchev–Trinajstić information content (AvgIpc) is 2.48. The first-order valence-electron chi connectivity index (χ1n) is 4.20. The van der Waals surface area contributed by atoms with Crippen molar-refractivity contribution in [3.05, 3.63) is 27.7 Å². The number of pyridine rings is 1. The summed E-state index contributed by atoms with van der Waals surface area (Å²) in [5.74, 6) is 0. The molecule has 2 rings (SSSR count). The number of fused-ring (bicyclic) bond motifs is 1. The van der Waals surface area contributed by atoms with Crippen LogP contribution in [0.5, 0.6) is 0 Å². The molecule has 4 nitrogen and oxygen atoms in total. The van der Waals surface area contributed by atoms with Gasteiger partial charge in [-0.15, -0.1) is 0 Å². The number of nitrogens with zero attached hydrogens (tertiary/aromatic N) is 1. The van der Waals surface area contributed by atoms with Gasteiger partial charge in [0, 0.05) is 11.8 Å². The maximum atomic E-state index is 11.4. The van der Waals surface area contributed by atoms with Crippen molar-refractivity contribution in [3.63, 3.8) is 0 Å². The molecule has 0 atom stereocenters. The minimum Gasteiger partial charge on any atom is -0.354 e. The third-order valence-corrected chi connectivity index (χ3v) is 2.06. The number of hydrogen-bond donors (Lipinski definition) is 1. The lowest BCUT2D eigenvalue weighted by Crippen LogP contribution is -2.02. The fraction of sp³-hybridized carbons (Fsp3) is 0.333. The molecule has 0 spiro atoms. The molecule has 0 aliphatic carbocycles. The first-order valence-corrected chi connectivity index (χ1v) is 4.20. The van der Waals surface area contributed by atoms with Crippen molar-refractivity contribution in [2.24, 2.45) is 0 Å². The minimum atomic E-state index is -0.105. The van der Waals surface area contributed by atoms with Crippen molar-refractivity contribution < 1.29 is 4.52 Å². The van der Waals surface area contributed by atoms with Crippen molar-refractivity contribution >= 4 is 11.1 Å². The van der Waals surface area contributed by atoms with Gasteiger partial charge in [0.1, 0.15) is 11.2 Å². The second-order valence-corrected chi connectivity index (χ2v) is 2.98. The number of H-pyrrole nitrogens is 1. The predicted molar refractivity (Wildman–Crippen MR) is 48.7 cm³/mol. The Bertz CT molecular complexity index is 496. The van der Waals surface area contributed by atoms with E-state index < -0.39 is 0 Å². The molecule has 2 aromatic rings. The summed E-state index contributed by atoms with van der Waals surface area (Å²) in [7, 11) is 0. The molecular formula is C9H10N2O2. The highest BCUT2D eigenvalue weighted by molar-refractivity contribution is 5.74. The topological polar surface area (TPSA) is 58.9 Å². The smallest absolute Gasteiger partial charge is 0.230 e. The van der Waals surface area contributed by atoms with Crippen LogP contribution in [0.3, 0.4) is 0 Å². The Hall–Kier alpha value is -1.58. The van der Waals surface area contributed by atoms with Crippen LogP contribution in [-0.2, 0) is 6.42 Å². The molecule has 4 heteroatoms. The van der Waals surface area contributed by atoms with Crippen LogP contribution in [0.1, 0.15) is 18.3 Å². The van der Waals surface area contributed by atoms with Crippen LogP contribution in [0.4, 0.5) is 0 Å².